The van der Waals surface area contributed by atoms with Crippen molar-refractivity contribution in [3.63, 3.8) is 0 Å². The van der Waals surface area contributed by atoms with Gasteiger partial charge in [0.05, 0.1) is 24.2 Å². The van der Waals surface area contributed by atoms with Gasteiger partial charge in [-0.3, -0.25) is 4.55 Å². The van der Waals surface area contributed by atoms with Crippen molar-refractivity contribution in [1.82, 2.24) is 0 Å². The maximum atomic E-state index is 11.8. The van der Waals surface area contributed by atoms with Gasteiger partial charge in [-0.25, -0.2) is 0 Å². The third kappa shape index (κ3) is 3.54. The van der Waals surface area contributed by atoms with E-state index in [-0.39, 0.29) is 35.4 Å². The van der Waals surface area contributed by atoms with Crippen molar-refractivity contribution in [2.24, 2.45) is 0 Å². The molecule has 8 heteroatoms. The summed E-state index contributed by atoms with van der Waals surface area (Å²) >= 11 is 0. The van der Waals surface area contributed by atoms with E-state index in [4.69, 9.17) is 18.9 Å². The molecule has 3 saturated heterocycles. The van der Waals surface area contributed by atoms with Crippen LogP contribution < -0.4 is 0 Å². The maximum Gasteiger partial charge on any atom is 0.294 e. The molecule has 7 nitrogen and oxygen atoms in total. The van der Waals surface area contributed by atoms with Crippen molar-refractivity contribution >= 4 is 10.1 Å². The molecule has 3 aliphatic heterocycles. The number of hydrogen-bond donors (Lipinski definition) is 1. The van der Waals surface area contributed by atoms with Crippen LogP contribution in [-0.4, -0.2) is 57.4 Å². The van der Waals surface area contributed by atoms with Crippen molar-refractivity contribution < 1.29 is 31.9 Å². The van der Waals surface area contributed by atoms with E-state index in [9.17, 15) is 13.0 Å². The van der Waals surface area contributed by atoms with Crippen molar-refractivity contribution in [2.75, 3.05) is 19.8 Å². The Balaban J connectivity index is 1.54. The summed E-state index contributed by atoms with van der Waals surface area (Å²) in [5.74, 6) is -0.266. The van der Waals surface area contributed by atoms with Gasteiger partial charge >= 0.3 is 0 Å². The summed E-state index contributed by atoms with van der Waals surface area (Å²) in [4.78, 5) is -0.0825. The van der Waals surface area contributed by atoms with E-state index in [1.54, 1.807) is 12.1 Å². The van der Waals surface area contributed by atoms with Gasteiger partial charge in [0.1, 0.15) is 12.2 Å². The first-order valence-corrected chi connectivity index (χ1v) is 10.5. The molecule has 1 unspecified atom stereocenters. The molecule has 1 aromatic carbocycles. The zero-order chi connectivity index (χ0) is 18.3. The Morgan fingerprint density at radius 2 is 1.92 bits per heavy atom. The normalized spacial score (nSPS) is 34.8. The first-order chi connectivity index (χ1) is 12.4. The molecule has 4 rings (SSSR count). The van der Waals surface area contributed by atoms with Gasteiger partial charge in [0.25, 0.3) is 10.1 Å². The second-order valence-electron chi connectivity index (χ2n) is 7.19. The van der Waals surface area contributed by atoms with Gasteiger partial charge in [-0.15, -0.1) is 0 Å². The Bertz CT molecular complexity index is 757. The average molecular weight is 384 g/mol. The summed E-state index contributed by atoms with van der Waals surface area (Å²) < 4.78 is 56.6. The lowest BCUT2D eigenvalue weighted by Gasteiger charge is -2.27. The predicted molar refractivity (Wildman–Crippen MR) is 91.7 cm³/mol. The highest BCUT2D eigenvalue weighted by atomic mass is 32.2. The summed E-state index contributed by atoms with van der Waals surface area (Å²) in [5, 5.41) is 0. The quantitative estimate of drug-likeness (QED) is 0.794. The number of rotatable bonds is 4. The van der Waals surface area contributed by atoms with Gasteiger partial charge < -0.3 is 18.9 Å². The molecular formula is C18H24O7S. The van der Waals surface area contributed by atoms with Gasteiger partial charge in [-0.1, -0.05) is 17.7 Å². The zero-order valence-electron chi connectivity index (χ0n) is 14.7. The number of fused-ring (bicyclic) bond motifs is 1. The minimum Gasteiger partial charge on any atom is -0.372 e. The molecule has 144 valence electrons. The van der Waals surface area contributed by atoms with Crippen molar-refractivity contribution in [2.45, 2.75) is 61.6 Å². The number of hydrogen-bond acceptors (Lipinski definition) is 6. The Kier molecular flexibility index (Phi) is 5.06. The lowest BCUT2D eigenvalue weighted by Crippen LogP contribution is -2.36. The van der Waals surface area contributed by atoms with Crippen molar-refractivity contribution in [1.29, 1.82) is 0 Å². The number of benzene rings is 1. The molecule has 0 bridgehead atoms. The Morgan fingerprint density at radius 1 is 1.12 bits per heavy atom. The zero-order valence-corrected chi connectivity index (χ0v) is 15.5. The molecule has 0 amide bonds. The highest BCUT2D eigenvalue weighted by molar-refractivity contribution is 7.85. The van der Waals surface area contributed by atoms with E-state index in [1.165, 1.54) is 6.07 Å². The summed E-state index contributed by atoms with van der Waals surface area (Å²) in [5.41, 5.74) is 1.45. The first kappa shape index (κ1) is 18.3. The van der Waals surface area contributed by atoms with Crippen molar-refractivity contribution in [3.8, 4) is 0 Å². The Hall–Kier alpha value is -1.03. The fourth-order valence-corrected chi connectivity index (χ4v) is 4.80. The van der Waals surface area contributed by atoms with Crippen LogP contribution in [0.15, 0.2) is 23.1 Å². The van der Waals surface area contributed by atoms with Crippen LogP contribution in [0.1, 0.15) is 36.3 Å². The predicted octanol–water partition coefficient (Wildman–Crippen LogP) is 2.03. The Labute approximate surface area is 153 Å². The van der Waals surface area contributed by atoms with Crippen LogP contribution in [0.25, 0.3) is 0 Å². The van der Waals surface area contributed by atoms with Crippen molar-refractivity contribution in [3.05, 3.63) is 29.3 Å². The molecule has 1 N–H and O–H groups in total. The monoisotopic (exact) mass is 384 g/mol. The molecule has 0 spiro atoms. The molecule has 5 atom stereocenters. The molecule has 26 heavy (non-hydrogen) atoms. The molecule has 0 aromatic heterocycles. The van der Waals surface area contributed by atoms with E-state index >= 15 is 0 Å². The number of aryl methyl sites for hydroxylation is 1. The fourth-order valence-electron chi connectivity index (χ4n) is 4.05. The highest BCUT2D eigenvalue weighted by Gasteiger charge is 2.50. The summed E-state index contributed by atoms with van der Waals surface area (Å²) in [7, 11) is -4.31. The highest BCUT2D eigenvalue weighted by Crippen LogP contribution is 2.41. The van der Waals surface area contributed by atoms with Gasteiger partial charge in [-0.05, 0) is 37.8 Å². The van der Waals surface area contributed by atoms with E-state index in [2.05, 4.69) is 0 Å². The molecule has 3 aliphatic rings. The maximum absolute atomic E-state index is 11.8. The fraction of sp³-hybridized carbons (Fsp3) is 0.667. The van der Waals surface area contributed by atoms with Crippen LogP contribution in [0.4, 0.5) is 0 Å². The molecule has 0 aliphatic carbocycles. The second-order valence-corrected chi connectivity index (χ2v) is 8.58. The van der Waals surface area contributed by atoms with Crippen LogP contribution >= 0.6 is 0 Å². The minimum absolute atomic E-state index is 0.0825. The smallest absolute Gasteiger partial charge is 0.294 e. The van der Waals surface area contributed by atoms with E-state index in [1.807, 2.05) is 6.92 Å². The number of ether oxygens (including phenoxy) is 4. The summed E-state index contributed by atoms with van der Waals surface area (Å²) in [6, 6.07) is 4.88. The van der Waals surface area contributed by atoms with Gasteiger partial charge in [0.15, 0.2) is 6.29 Å². The molecule has 3 fully saturated rings. The largest absolute Gasteiger partial charge is 0.372 e. The molecule has 3 heterocycles. The van der Waals surface area contributed by atoms with E-state index < -0.39 is 10.1 Å². The molecule has 0 radical (unpaired) electrons. The molecule has 0 saturated carbocycles. The van der Waals surface area contributed by atoms with Crippen LogP contribution in [0, 0.1) is 6.92 Å². The summed E-state index contributed by atoms with van der Waals surface area (Å²) in [6.07, 6.45) is 1.97. The first-order valence-electron chi connectivity index (χ1n) is 9.02. The van der Waals surface area contributed by atoms with E-state index in [0.29, 0.717) is 25.4 Å². The van der Waals surface area contributed by atoms with Crippen LogP contribution in [0.3, 0.4) is 0 Å². The minimum atomic E-state index is -4.31. The second kappa shape index (κ2) is 7.18. The third-order valence-electron chi connectivity index (χ3n) is 5.32. The topological polar surface area (TPSA) is 91.3 Å². The standard InChI is InChI=1S/C18H24O7S/c1-11-5-6-15(26(19,20)21)12(8-11)13-9-23-18-14(10-24-17(13)18)25-16-4-2-3-7-22-16/h5-6,8,13-14,16-18H,2-4,7,9-10H2,1H3,(H,19,20,21)/t13-,14-,16?,17+,18+/m1/s1. The SMILES string of the molecule is Cc1ccc(S(=O)(=O)O)c([C@H]2CO[C@@H]3[C@H]2OC[C@H]3OC2CCCCO2)c1. The molecule has 1 aromatic rings. The lowest BCUT2D eigenvalue weighted by atomic mass is 9.92. The van der Waals surface area contributed by atoms with Gasteiger partial charge in [0.2, 0.25) is 0 Å². The molecular weight excluding hydrogens is 360 g/mol. The Morgan fingerprint density at radius 3 is 2.65 bits per heavy atom. The van der Waals surface area contributed by atoms with Crippen LogP contribution in [0.5, 0.6) is 0 Å². The van der Waals surface area contributed by atoms with Crippen LogP contribution in [-0.2, 0) is 29.1 Å². The lowest BCUT2D eigenvalue weighted by molar-refractivity contribution is -0.201. The summed E-state index contributed by atoms with van der Waals surface area (Å²) in [6.45, 7) is 3.30. The van der Waals surface area contributed by atoms with E-state index in [0.717, 1.165) is 24.8 Å². The van der Waals surface area contributed by atoms with Gasteiger partial charge in [-0.2, -0.15) is 8.42 Å². The average Bonchev–Trinajstić information content (AvgIpc) is 3.18. The third-order valence-corrected chi connectivity index (χ3v) is 6.24. The van der Waals surface area contributed by atoms with Crippen LogP contribution in [0.2, 0.25) is 0 Å². The van der Waals surface area contributed by atoms with Gasteiger partial charge in [0, 0.05) is 12.5 Å².